The fourth-order valence-electron chi connectivity index (χ4n) is 7.94. The van der Waals surface area contributed by atoms with E-state index < -0.39 is 53.2 Å². The Bertz CT molecular complexity index is 2410. The zero-order valence-corrected chi connectivity index (χ0v) is 31.2. The number of azide groups is 1. The Morgan fingerprint density at radius 1 is 0.638 bits per heavy atom. The van der Waals surface area contributed by atoms with Gasteiger partial charge >= 0.3 is 5.69 Å². The summed E-state index contributed by atoms with van der Waals surface area (Å²) in [6.07, 6.45) is -3.39. The molecule has 288 valence electrons. The molecule has 2 N–H and O–H groups in total. The van der Waals surface area contributed by atoms with E-state index in [2.05, 4.69) is 15.0 Å². The van der Waals surface area contributed by atoms with Crippen molar-refractivity contribution in [1.82, 2.24) is 9.55 Å². The molecule has 1 aromatic heterocycles. The molecule has 0 aliphatic carbocycles. The number of nitrogens with one attached hydrogen (secondary N) is 1. The average Bonchev–Trinajstić information content (AvgIpc) is 3.54. The standard InChI is InChI=1S/C47H39N5O6/c48-51-50-45(33-56-46(34-19-7-1-8-20-34,35-21-9-2-10-22-35)36-23-11-3-12-24-36)42(54)41(43(58-45)52-32-31-40(53)49-44(52)55)57-47(37-25-13-4-14-26-37,38-27-15-5-16-28-38)39-29-17-6-18-30-39/h1-32,41-43,54H,33H2,(H,49,53,55)/t41-,42+,43-,45-/m1/s1. The molecule has 1 aliphatic rings. The van der Waals surface area contributed by atoms with Gasteiger partial charge in [0.05, 0.1) is 6.61 Å². The van der Waals surface area contributed by atoms with Crippen LogP contribution in [0.15, 0.2) is 209 Å². The quantitative estimate of drug-likeness (QED) is 0.0528. The van der Waals surface area contributed by atoms with Gasteiger partial charge < -0.3 is 19.3 Å². The van der Waals surface area contributed by atoms with Gasteiger partial charge in [-0.25, -0.2) is 4.79 Å². The topological polar surface area (TPSA) is 152 Å². The summed E-state index contributed by atoms with van der Waals surface area (Å²) in [6.45, 7) is -0.514. The summed E-state index contributed by atoms with van der Waals surface area (Å²) in [5.41, 5.74) is 8.27. The fraction of sp³-hybridized carbons (Fsp3) is 0.149. The van der Waals surface area contributed by atoms with Gasteiger partial charge in [0.15, 0.2) is 6.23 Å². The van der Waals surface area contributed by atoms with Crippen molar-refractivity contribution in [2.75, 3.05) is 6.61 Å². The van der Waals surface area contributed by atoms with E-state index in [4.69, 9.17) is 14.2 Å². The first-order valence-corrected chi connectivity index (χ1v) is 18.8. The van der Waals surface area contributed by atoms with Gasteiger partial charge in [0, 0.05) is 17.2 Å². The number of aromatic nitrogens is 2. The first-order chi connectivity index (χ1) is 28.4. The van der Waals surface area contributed by atoms with Crippen LogP contribution < -0.4 is 11.2 Å². The van der Waals surface area contributed by atoms with Crippen molar-refractivity contribution in [1.29, 1.82) is 0 Å². The van der Waals surface area contributed by atoms with Gasteiger partial charge in [-0.2, -0.15) is 0 Å². The van der Waals surface area contributed by atoms with Crippen molar-refractivity contribution < 1.29 is 19.3 Å². The molecule has 58 heavy (non-hydrogen) atoms. The molecule has 0 saturated carbocycles. The molecular weight excluding hydrogens is 731 g/mol. The van der Waals surface area contributed by atoms with Gasteiger partial charge in [0.1, 0.15) is 23.4 Å². The van der Waals surface area contributed by atoms with Crippen LogP contribution in [0.1, 0.15) is 39.6 Å². The van der Waals surface area contributed by atoms with E-state index in [1.54, 1.807) is 0 Å². The number of hydrogen-bond donors (Lipinski definition) is 2. The molecule has 0 radical (unpaired) electrons. The third kappa shape index (κ3) is 6.83. The van der Waals surface area contributed by atoms with Crippen LogP contribution in [-0.4, -0.2) is 39.2 Å². The van der Waals surface area contributed by atoms with Crippen molar-refractivity contribution in [3.63, 3.8) is 0 Å². The Morgan fingerprint density at radius 2 is 1.02 bits per heavy atom. The van der Waals surface area contributed by atoms with E-state index in [-0.39, 0.29) is 0 Å². The normalized spacial score (nSPS) is 19.3. The highest BCUT2D eigenvalue weighted by Crippen LogP contribution is 2.49. The van der Waals surface area contributed by atoms with Crippen LogP contribution in [0.5, 0.6) is 0 Å². The van der Waals surface area contributed by atoms with E-state index in [9.17, 15) is 20.2 Å². The Balaban J connectivity index is 1.33. The number of aliphatic hydroxyl groups excluding tert-OH is 1. The molecule has 6 aromatic carbocycles. The van der Waals surface area contributed by atoms with Crippen LogP contribution in [0.2, 0.25) is 0 Å². The van der Waals surface area contributed by atoms with Gasteiger partial charge in [0.25, 0.3) is 5.56 Å². The van der Waals surface area contributed by atoms with Crippen molar-refractivity contribution in [3.05, 3.63) is 259 Å². The Kier molecular flexibility index (Phi) is 10.7. The zero-order chi connectivity index (χ0) is 40.0. The summed E-state index contributed by atoms with van der Waals surface area (Å²) in [7, 11) is 0. The largest absolute Gasteiger partial charge is 0.387 e. The van der Waals surface area contributed by atoms with E-state index in [0.717, 1.165) is 21.3 Å². The van der Waals surface area contributed by atoms with E-state index >= 15 is 0 Å². The lowest BCUT2D eigenvalue weighted by Crippen LogP contribution is -2.50. The highest BCUT2D eigenvalue weighted by atomic mass is 16.6. The summed E-state index contributed by atoms with van der Waals surface area (Å²) in [5.74, 6) is 0. The van der Waals surface area contributed by atoms with E-state index in [0.29, 0.717) is 16.7 Å². The van der Waals surface area contributed by atoms with Crippen molar-refractivity contribution >= 4 is 0 Å². The van der Waals surface area contributed by atoms with Gasteiger partial charge in [-0.05, 0) is 38.9 Å². The van der Waals surface area contributed by atoms with Gasteiger partial charge in [0.2, 0.25) is 5.72 Å². The summed E-state index contributed by atoms with van der Waals surface area (Å²) in [6, 6.07) is 58.5. The molecule has 0 amide bonds. The summed E-state index contributed by atoms with van der Waals surface area (Å²) in [4.78, 5) is 31.5. The van der Waals surface area contributed by atoms with Crippen molar-refractivity contribution in [2.24, 2.45) is 5.11 Å². The number of aliphatic hydroxyl groups is 1. The number of rotatable bonds is 13. The summed E-state index contributed by atoms with van der Waals surface area (Å²) < 4.78 is 22.3. The maximum absolute atomic E-state index is 13.7. The smallest absolute Gasteiger partial charge is 0.330 e. The molecule has 7 aromatic rings. The second-order valence-electron chi connectivity index (χ2n) is 13.9. The molecule has 0 unspecified atom stereocenters. The summed E-state index contributed by atoms with van der Waals surface area (Å²) >= 11 is 0. The fourth-order valence-corrected chi connectivity index (χ4v) is 7.94. The van der Waals surface area contributed by atoms with Crippen molar-refractivity contribution in [3.8, 4) is 0 Å². The number of aromatic amines is 1. The minimum atomic E-state index is -2.20. The third-order valence-electron chi connectivity index (χ3n) is 10.6. The lowest BCUT2D eigenvalue weighted by Gasteiger charge is -2.40. The Morgan fingerprint density at radius 3 is 1.38 bits per heavy atom. The van der Waals surface area contributed by atoms with E-state index in [1.165, 1.54) is 12.3 Å². The van der Waals surface area contributed by atoms with Crippen LogP contribution in [0.25, 0.3) is 10.4 Å². The monoisotopic (exact) mass is 769 g/mol. The van der Waals surface area contributed by atoms with Gasteiger partial charge in [-0.15, -0.1) is 0 Å². The molecule has 1 fully saturated rings. The molecule has 0 spiro atoms. The first kappa shape index (κ1) is 38.0. The molecule has 8 rings (SSSR count). The minimum Gasteiger partial charge on any atom is -0.387 e. The highest BCUT2D eigenvalue weighted by Gasteiger charge is 2.60. The number of ether oxygens (including phenoxy) is 3. The maximum Gasteiger partial charge on any atom is 0.330 e. The predicted molar refractivity (Wildman–Crippen MR) is 219 cm³/mol. The lowest BCUT2D eigenvalue weighted by atomic mass is 9.79. The Hall–Kier alpha value is -6.85. The Labute approximate surface area is 334 Å². The van der Waals surface area contributed by atoms with Crippen LogP contribution in [-0.2, 0) is 25.4 Å². The molecule has 4 atom stereocenters. The molecule has 1 aliphatic heterocycles. The average molecular weight is 770 g/mol. The molecular formula is C47H39N5O6. The number of H-pyrrole nitrogens is 1. The molecule has 2 heterocycles. The van der Waals surface area contributed by atoms with Crippen LogP contribution in [0.3, 0.4) is 0 Å². The van der Waals surface area contributed by atoms with Gasteiger partial charge in [-0.3, -0.25) is 14.3 Å². The zero-order valence-electron chi connectivity index (χ0n) is 31.2. The summed E-state index contributed by atoms with van der Waals surface area (Å²) in [5, 5.41) is 17.0. The van der Waals surface area contributed by atoms with Crippen LogP contribution >= 0.6 is 0 Å². The highest BCUT2D eigenvalue weighted by molar-refractivity contribution is 5.49. The second-order valence-corrected chi connectivity index (χ2v) is 13.9. The molecule has 11 nitrogen and oxygen atoms in total. The van der Waals surface area contributed by atoms with E-state index in [1.807, 2.05) is 182 Å². The van der Waals surface area contributed by atoms with Crippen LogP contribution in [0.4, 0.5) is 0 Å². The predicted octanol–water partition coefficient (Wildman–Crippen LogP) is 7.82. The minimum absolute atomic E-state index is 0.514. The number of nitrogens with zero attached hydrogens (tertiary/aromatic N) is 4. The molecule has 0 bridgehead atoms. The SMILES string of the molecule is [N-]=[N+]=N[C@]1(COC(c2ccccc2)(c2ccccc2)c2ccccc2)O[C@@H](n2ccc(=O)[nH]c2=O)[C@H](OC(c2ccccc2)(c2ccccc2)c2ccccc2)[C@@H]1O. The third-order valence-corrected chi connectivity index (χ3v) is 10.6. The number of hydrogen-bond acceptors (Lipinski definition) is 7. The van der Waals surface area contributed by atoms with Crippen molar-refractivity contribution in [2.45, 2.75) is 35.4 Å². The first-order valence-electron chi connectivity index (χ1n) is 18.8. The van der Waals surface area contributed by atoms with Crippen LogP contribution in [0, 0.1) is 0 Å². The molecule has 11 heteroatoms. The molecule has 1 saturated heterocycles. The maximum atomic E-state index is 13.7. The second kappa shape index (κ2) is 16.3. The van der Waals surface area contributed by atoms with Gasteiger partial charge in [-0.1, -0.05) is 187 Å². The lowest BCUT2D eigenvalue weighted by molar-refractivity contribution is -0.158. The number of benzene rings is 6.